The Morgan fingerprint density at radius 3 is 2.42 bits per heavy atom. The van der Waals surface area contributed by atoms with Crippen LogP contribution in [0.2, 0.25) is 0 Å². The van der Waals surface area contributed by atoms with Crippen molar-refractivity contribution in [2.75, 3.05) is 50.7 Å². The van der Waals surface area contributed by atoms with E-state index in [1.165, 1.54) is 0 Å². The van der Waals surface area contributed by atoms with E-state index < -0.39 is 5.60 Å². The smallest absolute Gasteiger partial charge is 0.410 e. The second kappa shape index (κ2) is 8.57. The zero-order chi connectivity index (χ0) is 22.2. The molecule has 0 unspecified atom stereocenters. The van der Waals surface area contributed by atoms with Crippen molar-refractivity contribution in [2.45, 2.75) is 39.2 Å². The van der Waals surface area contributed by atoms with Crippen molar-refractivity contribution in [1.29, 1.82) is 0 Å². The van der Waals surface area contributed by atoms with Crippen molar-refractivity contribution < 1.29 is 9.53 Å². The van der Waals surface area contributed by atoms with E-state index in [1.807, 2.05) is 44.9 Å². The number of likely N-dealkylation sites (tertiary alicyclic amines) is 1. The summed E-state index contributed by atoms with van der Waals surface area (Å²) in [5.41, 5.74) is 2.49. The number of piperazine rings is 1. The minimum Gasteiger partial charge on any atom is -0.444 e. The SMILES string of the molecule is Cn1c(=O)[nH]c2cccc(N3CCN(CC4CCN(C(=O)OC(C)(C)C)CC4)CC3)c21. The topological polar surface area (TPSA) is 73.8 Å². The number of H-pyrrole nitrogens is 1. The first kappa shape index (κ1) is 21.7. The molecule has 3 heterocycles. The van der Waals surface area contributed by atoms with Gasteiger partial charge >= 0.3 is 11.8 Å². The molecule has 31 heavy (non-hydrogen) atoms. The van der Waals surface area contributed by atoms with Crippen molar-refractivity contribution in [2.24, 2.45) is 13.0 Å². The van der Waals surface area contributed by atoms with E-state index in [4.69, 9.17) is 4.74 Å². The Bertz CT molecular complexity index is 973. The van der Waals surface area contributed by atoms with Crippen LogP contribution in [-0.2, 0) is 11.8 Å². The largest absolute Gasteiger partial charge is 0.444 e. The lowest BCUT2D eigenvalue weighted by atomic mass is 9.96. The van der Waals surface area contributed by atoms with Crippen LogP contribution in [0.3, 0.4) is 0 Å². The molecule has 0 bridgehead atoms. The predicted molar refractivity (Wildman–Crippen MR) is 123 cm³/mol. The average molecular weight is 430 g/mol. The molecule has 1 aromatic heterocycles. The van der Waals surface area contributed by atoms with Crippen molar-refractivity contribution in [3.8, 4) is 0 Å². The first-order valence-corrected chi connectivity index (χ1v) is 11.3. The summed E-state index contributed by atoms with van der Waals surface area (Å²) in [7, 11) is 1.82. The van der Waals surface area contributed by atoms with Gasteiger partial charge in [0.2, 0.25) is 0 Å². The van der Waals surface area contributed by atoms with Crippen LogP contribution in [0.25, 0.3) is 11.0 Å². The normalized spacial score (nSPS) is 19.2. The van der Waals surface area contributed by atoms with Gasteiger partial charge in [-0.05, 0) is 51.7 Å². The van der Waals surface area contributed by atoms with Gasteiger partial charge in [0.25, 0.3) is 0 Å². The lowest BCUT2D eigenvalue weighted by molar-refractivity contribution is 0.0169. The number of anilines is 1. The minimum atomic E-state index is -0.440. The Balaban J connectivity index is 1.28. The molecule has 2 aliphatic heterocycles. The lowest BCUT2D eigenvalue weighted by Crippen LogP contribution is -2.49. The van der Waals surface area contributed by atoms with Crippen LogP contribution in [-0.4, -0.2) is 76.9 Å². The fourth-order valence-corrected chi connectivity index (χ4v) is 4.70. The molecule has 4 rings (SSSR count). The third kappa shape index (κ3) is 4.89. The zero-order valence-corrected chi connectivity index (χ0v) is 19.2. The number of aryl methyl sites for hydroxylation is 1. The fraction of sp³-hybridized carbons (Fsp3) is 0.652. The third-order valence-electron chi connectivity index (χ3n) is 6.39. The number of hydrogen-bond donors (Lipinski definition) is 1. The first-order chi connectivity index (χ1) is 14.7. The average Bonchev–Trinajstić information content (AvgIpc) is 3.02. The predicted octanol–water partition coefficient (Wildman–Crippen LogP) is 2.64. The lowest BCUT2D eigenvalue weighted by Gasteiger charge is -2.39. The quantitative estimate of drug-likeness (QED) is 0.812. The molecular weight excluding hydrogens is 394 g/mol. The summed E-state index contributed by atoms with van der Waals surface area (Å²) in [4.78, 5) is 34.0. The third-order valence-corrected chi connectivity index (χ3v) is 6.39. The Hall–Kier alpha value is -2.48. The van der Waals surface area contributed by atoms with E-state index in [1.54, 1.807) is 4.57 Å². The molecule has 2 aliphatic rings. The second-order valence-corrected chi connectivity index (χ2v) is 9.86. The van der Waals surface area contributed by atoms with E-state index in [0.29, 0.717) is 5.92 Å². The number of carbonyl (C=O) groups excluding carboxylic acids is 1. The molecule has 8 nitrogen and oxygen atoms in total. The Morgan fingerprint density at radius 1 is 1.10 bits per heavy atom. The zero-order valence-electron chi connectivity index (χ0n) is 19.2. The maximum atomic E-state index is 12.3. The van der Waals surface area contributed by atoms with Crippen LogP contribution in [0, 0.1) is 5.92 Å². The molecule has 0 spiro atoms. The summed E-state index contributed by atoms with van der Waals surface area (Å²) in [6.45, 7) is 12.3. The van der Waals surface area contributed by atoms with E-state index in [0.717, 1.165) is 75.4 Å². The van der Waals surface area contributed by atoms with Gasteiger partial charge in [0.15, 0.2) is 0 Å². The Morgan fingerprint density at radius 2 is 1.77 bits per heavy atom. The van der Waals surface area contributed by atoms with Gasteiger partial charge < -0.3 is 19.5 Å². The number of fused-ring (bicyclic) bond motifs is 1. The summed E-state index contributed by atoms with van der Waals surface area (Å²) in [5.74, 6) is 0.624. The van der Waals surface area contributed by atoms with Gasteiger partial charge in [0.05, 0.1) is 16.7 Å². The number of benzene rings is 1. The van der Waals surface area contributed by atoms with Gasteiger partial charge in [-0.1, -0.05) is 6.07 Å². The summed E-state index contributed by atoms with van der Waals surface area (Å²) < 4.78 is 7.21. The number of para-hydroxylation sites is 1. The van der Waals surface area contributed by atoms with Gasteiger partial charge in [0.1, 0.15) is 5.60 Å². The number of nitrogens with one attached hydrogen (secondary N) is 1. The molecule has 0 aliphatic carbocycles. The number of rotatable bonds is 3. The van der Waals surface area contributed by atoms with Crippen molar-refractivity contribution in [1.82, 2.24) is 19.4 Å². The van der Waals surface area contributed by atoms with Crippen LogP contribution in [0.1, 0.15) is 33.6 Å². The molecule has 1 N–H and O–H groups in total. The highest BCUT2D eigenvalue weighted by atomic mass is 16.6. The van der Waals surface area contributed by atoms with E-state index in [-0.39, 0.29) is 11.8 Å². The van der Waals surface area contributed by atoms with Gasteiger partial charge in [0, 0.05) is 52.9 Å². The van der Waals surface area contributed by atoms with Crippen LogP contribution >= 0.6 is 0 Å². The van der Waals surface area contributed by atoms with Gasteiger partial charge in [-0.25, -0.2) is 9.59 Å². The second-order valence-electron chi connectivity index (χ2n) is 9.86. The van der Waals surface area contributed by atoms with Crippen molar-refractivity contribution >= 4 is 22.8 Å². The van der Waals surface area contributed by atoms with Gasteiger partial charge in [-0.3, -0.25) is 9.47 Å². The molecule has 0 saturated carbocycles. The van der Waals surface area contributed by atoms with Gasteiger partial charge in [-0.2, -0.15) is 0 Å². The van der Waals surface area contributed by atoms with Crippen LogP contribution in [0.5, 0.6) is 0 Å². The number of hydrogen-bond acceptors (Lipinski definition) is 5. The molecule has 0 radical (unpaired) electrons. The molecule has 1 amide bonds. The van der Waals surface area contributed by atoms with E-state index >= 15 is 0 Å². The first-order valence-electron chi connectivity index (χ1n) is 11.3. The van der Waals surface area contributed by atoms with E-state index in [9.17, 15) is 9.59 Å². The summed E-state index contributed by atoms with van der Waals surface area (Å²) in [6, 6.07) is 6.08. The number of imidazole rings is 1. The highest BCUT2D eigenvalue weighted by Crippen LogP contribution is 2.26. The number of piperidine rings is 1. The maximum Gasteiger partial charge on any atom is 0.410 e. The number of carbonyl (C=O) groups is 1. The molecule has 0 atom stereocenters. The molecule has 2 aromatic rings. The Kier molecular flexibility index (Phi) is 6.01. The van der Waals surface area contributed by atoms with E-state index in [2.05, 4.69) is 20.9 Å². The highest BCUT2D eigenvalue weighted by molar-refractivity contribution is 5.89. The molecule has 2 fully saturated rings. The summed E-state index contributed by atoms with van der Waals surface area (Å²) in [5, 5.41) is 0. The van der Waals surface area contributed by atoms with Crippen molar-refractivity contribution in [3.05, 3.63) is 28.7 Å². The molecule has 170 valence electrons. The van der Waals surface area contributed by atoms with Gasteiger partial charge in [-0.15, -0.1) is 0 Å². The van der Waals surface area contributed by atoms with Crippen LogP contribution < -0.4 is 10.6 Å². The van der Waals surface area contributed by atoms with Crippen LogP contribution in [0.15, 0.2) is 23.0 Å². The standard InChI is InChI=1S/C23H35N5O3/c1-23(2,3)31-22(30)28-10-8-17(9-11-28)16-26-12-14-27(15-13-26)19-7-5-6-18-20(19)25(4)21(29)24-18/h5-7,17H,8-16H2,1-4H3,(H,24,29). The molecule has 2 saturated heterocycles. The maximum absolute atomic E-state index is 12.3. The molecule has 1 aromatic carbocycles. The number of amides is 1. The highest BCUT2D eigenvalue weighted by Gasteiger charge is 2.29. The summed E-state index contributed by atoms with van der Waals surface area (Å²) >= 11 is 0. The van der Waals surface area contributed by atoms with Crippen molar-refractivity contribution in [3.63, 3.8) is 0 Å². The summed E-state index contributed by atoms with van der Waals surface area (Å²) in [6.07, 6.45) is 1.88. The minimum absolute atomic E-state index is 0.0705. The monoisotopic (exact) mass is 429 g/mol. The van der Waals surface area contributed by atoms with Crippen LogP contribution in [0.4, 0.5) is 10.5 Å². The number of aromatic nitrogens is 2. The molecular formula is C23H35N5O3. The number of aromatic amines is 1. The number of ether oxygens (including phenoxy) is 1. The Labute approximate surface area is 183 Å². The number of nitrogens with zero attached hydrogens (tertiary/aromatic N) is 4. The molecule has 8 heteroatoms. The fourth-order valence-electron chi connectivity index (χ4n) is 4.70.